The van der Waals surface area contributed by atoms with Crippen molar-refractivity contribution < 1.29 is 14.4 Å². The molecule has 0 bridgehead atoms. The first-order valence-electron chi connectivity index (χ1n) is 9.51. The maximum absolute atomic E-state index is 12.6. The Balaban J connectivity index is 2.02. The minimum Gasteiger partial charge on any atom is -0.348 e. The number of anilines is 1. The number of hydrogen-bond acceptors (Lipinski definition) is 3. The second kappa shape index (κ2) is 10.3. The lowest BCUT2D eigenvalue weighted by atomic mass is 10.1. The van der Waals surface area contributed by atoms with Gasteiger partial charge in [0.1, 0.15) is 0 Å². The van der Waals surface area contributed by atoms with Crippen molar-refractivity contribution in [3.05, 3.63) is 65.2 Å². The van der Waals surface area contributed by atoms with Gasteiger partial charge in [0.2, 0.25) is 0 Å². The fourth-order valence-corrected chi connectivity index (χ4v) is 2.53. The first-order chi connectivity index (χ1) is 13.4. The minimum absolute atomic E-state index is 0.101. The second-order valence-corrected chi connectivity index (χ2v) is 6.64. The van der Waals surface area contributed by atoms with E-state index in [1.54, 1.807) is 24.3 Å². The van der Waals surface area contributed by atoms with E-state index in [0.717, 1.165) is 18.4 Å². The average molecular weight is 381 g/mol. The summed E-state index contributed by atoms with van der Waals surface area (Å²) in [6.07, 6.45) is 1.68. The van der Waals surface area contributed by atoms with Crippen molar-refractivity contribution in [2.45, 2.75) is 46.2 Å². The number of carbonyl (C=O) groups excluding carboxylic acids is 3. The Kier molecular flexibility index (Phi) is 7.75. The molecule has 0 spiro atoms. The van der Waals surface area contributed by atoms with Crippen LogP contribution in [-0.2, 0) is 22.6 Å². The van der Waals surface area contributed by atoms with Crippen molar-refractivity contribution in [1.82, 2.24) is 10.6 Å². The van der Waals surface area contributed by atoms with Crippen molar-refractivity contribution >= 4 is 23.4 Å². The Morgan fingerprint density at radius 3 is 2.18 bits per heavy atom. The van der Waals surface area contributed by atoms with Gasteiger partial charge in [0.05, 0.1) is 11.3 Å². The highest BCUT2D eigenvalue weighted by Gasteiger charge is 2.18. The van der Waals surface area contributed by atoms with Gasteiger partial charge in [0.15, 0.2) is 0 Å². The van der Waals surface area contributed by atoms with Gasteiger partial charge in [-0.3, -0.25) is 14.4 Å². The zero-order chi connectivity index (χ0) is 20.5. The maximum Gasteiger partial charge on any atom is 0.313 e. The molecule has 0 fully saturated rings. The Hall–Kier alpha value is -3.15. The van der Waals surface area contributed by atoms with E-state index in [2.05, 4.69) is 22.9 Å². The topological polar surface area (TPSA) is 87.3 Å². The first kappa shape index (κ1) is 21.2. The van der Waals surface area contributed by atoms with Gasteiger partial charge in [0, 0.05) is 12.6 Å². The quantitative estimate of drug-likeness (QED) is 0.644. The Labute approximate surface area is 165 Å². The molecule has 3 N–H and O–H groups in total. The number of carbonyl (C=O) groups is 3. The molecule has 28 heavy (non-hydrogen) atoms. The summed E-state index contributed by atoms with van der Waals surface area (Å²) in [5.41, 5.74) is 2.82. The molecule has 6 nitrogen and oxygen atoms in total. The van der Waals surface area contributed by atoms with Gasteiger partial charge in [-0.2, -0.15) is 0 Å². The third kappa shape index (κ3) is 5.94. The van der Waals surface area contributed by atoms with Crippen LogP contribution in [0.1, 0.15) is 48.7 Å². The van der Waals surface area contributed by atoms with Gasteiger partial charge in [-0.05, 0) is 43.0 Å². The number of hydrogen-bond donors (Lipinski definition) is 3. The molecule has 1 atom stereocenters. The van der Waals surface area contributed by atoms with Crippen LogP contribution in [0.3, 0.4) is 0 Å². The number of nitrogens with one attached hydrogen (secondary N) is 3. The number of para-hydroxylation sites is 1. The summed E-state index contributed by atoms with van der Waals surface area (Å²) in [5.74, 6) is -1.84. The van der Waals surface area contributed by atoms with Gasteiger partial charge in [0.25, 0.3) is 5.91 Å². The van der Waals surface area contributed by atoms with E-state index in [4.69, 9.17) is 0 Å². The van der Waals surface area contributed by atoms with Crippen molar-refractivity contribution in [3.63, 3.8) is 0 Å². The van der Waals surface area contributed by atoms with Crippen LogP contribution in [0.2, 0.25) is 0 Å². The van der Waals surface area contributed by atoms with E-state index in [-0.39, 0.29) is 11.9 Å². The summed E-state index contributed by atoms with van der Waals surface area (Å²) in [7, 11) is 0. The van der Waals surface area contributed by atoms with Crippen LogP contribution >= 0.6 is 0 Å². The molecule has 2 aromatic rings. The summed E-state index contributed by atoms with van der Waals surface area (Å²) < 4.78 is 0. The smallest absolute Gasteiger partial charge is 0.313 e. The molecule has 6 heteroatoms. The molecule has 2 aromatic carbocycles. The lowest BCUT2D eigenvalue weighted by Gasteiger charge is -2.13. The second-order valence-electron chi connectivity index (χ2n) is 6.64. The van der Waals surface area contributed by atoms with Gasteiger partial charge >= 0.3 is 11.8 Å². The van der Waals surface area contributed by atoms with Crippen LogP contribution < -0.4 is 16.0 Å². The first-order valence-corrected chi connectivity index (χ1v) is 9.51. The molecule has 0 radical (unpaired) electrons. The molecule has 0 heterocycles. The van der Waals surface area contributed by atoms with Crippen LogP contribution in [0.4, 0.5) is 5.69 Å². The number of amides is 3. The van der Waals surface area contributed by atoms with Crippen LogP contribution in [-0.4, -0.2) is 23.8 Å². The summed E-state index contributed by atoms with van der Waals surface area (Å²) >= 11 is 0. The fourth-order valence-electron chi connectivity index (χ4n) is 2.53. The van der Waals surface area contributed by atoms with Crippen molar-refractivity contribution in [2.24, 2.45) is 0 Å². The molecule has 148 valence electrons. The summed E-state index contributed by atoms with van der Waals surface area (Å²) in [4.78, 5) is 36.6. The molecule has 3 amide bonds. The van der Waals surface area contributed by atoms with Crippen LogP contribution in [0, 0.1) is 0 Å². The van der Waals surface area contributed by atoms with E-state index in [1.165, 1.54) is 5.56 Å². The van der Waals surface area contributed by atoms with E-state index in [9.17, 15) is 14.4 Å². The molecule has 0 saturated carbocycles. The highest BCUT2D eigenvalue weighted by molar-refractivity contribution is 6.40. The van der Waals surface area contributed by atoms with Gasteiger partial charge in [-0.15, -0.1) is 0 Å². The SMILES string of the molecule is CCc1ccc(CNC(=O)c2ccccc2NC(=O)C(=O)N[C@H](C)CC)cc1. The van der Waals surface area contributed by atoms with Crippen LogP contribution in [0.5, 0.6) is 0 Å². The van der Waals surface area contributed by atoms with E-state index in [0.29, 0.717) is 17.8 Å². The summed E-state index contributed by atoms with van der Waals surface area (Å²) in [6, 6.07) is 14.5. The normalized spacial score (nSPS) is 11.4. The molecule has 0 aliphatic heterocycles. The number of aryl methyl sites for hydroxylation is 1. The fraction of sp³-hybridized carbons (Fsp3) is 0.318. The zero-order valence-corrected chi connectivity index (χ0v) is 16.5. The number of rotatable bonds is 7. The average Bonchev–Trinajstić information content (AvgIpc) is 2.72. The highest BCUT2D eigenvalue weighted by Crippen LogP contribution is 2.15. The molecule has 0 aliphatic rings. The number of benzene rings is 2. The molecular formula is C22H27N3O3. The van der Waals surface area contributed by atoms with Gasteiger partial charge in [-0.25, -0.2) is 0 Å². The minimum atomic E-state index is -0.796. The predicted molar refractivity (Wildman–Crippen MR) is 110 cm³/mol. The molecule has 0 aliphatic carbocycles. The lowest BCUT2D eigenvalue weighted by Crippen LogP contribution is -2.40. The lowest BCUT2D eigenvalue weighted by molar-refractivity contribution is -0.136. The molecule has 0 unspecified atom stereocenters. The standard InChI is InChI=1S/C22H27N3O3/c1-4-15(3)24-21(27)22(28)25-19-9-7-6-8-18(19)20(26)23-14-17-12-10-16(5-2)11-13-17/h6-13,15H,4-5,14H2,1-3H3,(H,23,26)(H,24,27)(H,25,28)/t15-/m1/s1. The summed E-state index contributed by atoms with van der Waals surface area (Å²) in [6.45, 7) is 6.20. The third-order valence-electron chi connectivity index (χ3n) is 4.50. The summed E-state index contributed by atoms with van der Waals surface area (Å²) in [5, 5.41) is 7.97. The third-order valence-corrected chi connectivity index (χ3v) is 4.50. The van der Waals surface area contributed by atoms with E-state index in [1.807, 2.05) is 38.1 Å². The van der Waals surface area contributed by atoms with Crippen molar-refractivity contribution in [1.29, 1.82) is 0 Å². The highest BCUT2D eigenvalue weighted by atomic mass is 16.2. The van der Waals surface area contributed by atoms with Crippen LogP contribution in [0.15, 0.2) is 48.5 Å². The molecule has 0 saturated heterocycles. The molecular weight excluding hydrogens is 354 g/mol. The molecule has 0 aromatic heterocycles. The largest absolute Gasteiger partial charge is 0.348 e. The van der Waals surface area contributed by atoms with E-state index < -0.39 is 11.8 Å². The monoisotopic (exact) mass is 381 g/mol. The van der Waals surface area contributed by atoms with Crippen molar-refractivity contribution in [3.8, 4) is 0 Å². The Bertz CT molecular complexity index is 831. The maximum atomic E-state index is 12.6. The van der Waals surface area contributed by atoms with Crippen molar-refractivity contribution in [2.75, 3.05) is 5.32 Å². The van der Waals surface area contributed by atoms with Gasteiger partial charge < -0.3 is 16.0 Å². The van der Waals surface area contributed by atoms with E-state index >= 15 is 0 Å². The van der Waals surface area contributed by atoms with Gasteiger partial charge in [-0.1, -0.05) is 50.2 Å². The van der Waals surface area contributed by atoms with Crippen LogP contribution in [0.25, 0.3) is 0 Å². The zero-order valence-electron chi connectivity index (χ0n) is 16.5. The Morgan fingerprint density at radius 2 is 1.54 bits per heavy atom. The molecule has 2 rings (SSSR count). The Morgan fingerprint density at radius 1 is 0.893 bits per heavy atom. The predicted octanol–water partition coefficient (Wildman–Crippen LogP) is 3.03.